The molecule has 0 unspecified atom stereocenters. The van der Waals surface area contributed by atoms with Crippen molar-refractivity contribution in [1.29, 1.82) is 0 Å². The summed E-state index contributed by atoms with van der Waals surface area (Å²) in [7, 11) is 0. The fourth-order valence-electron chi connectivity index (χ4n) is 0.706. The van der Waals surface area contributed by atoms with Gasteiger partial charge in [0.05, 0.1) is 5.69 Å². The molecule has 0 saturated carbocycles. The van der Waals surface area contributed by atoms with Gasteiger partial charge < -0.3 is 4.79 Å². The zero-order valence-corrected chi connectivity index (χ0v) is 7.94. The van der Waals surface area contributed by atoms with Crippen molar-refractivity contribution in [2.24, 2.45) is 4.99 Å². The molecule has 1 aromatic rings. The van der Waals surface area contributed by atoms with Crippen LogP contribution in [0.3, 0.4) is 0 Å². The van der Waals surface area contributed by atoms with Crippen molar-refractivity contribution < 1.29 is 4.79 Å². The Morgan fingerprint density at radius 3 is 2.58 bits per heavy atom. The number of nitrogens with zero attached hydrogens (tertiary/aromatic N) is 1. The molecule has 0 N–H and O–H groups in total. The summed E-state index contributed by atoms with van der Waals surface area (Å²) in [4.78, 5) is 14.0. The summed E-state index contributed by atoms with van der Waals surface area (Å²) in [6.07, 6.45) is 2.34. The monoisotopic (exact) mass is 225 g/mol. The molecule has 0 amide bonds. The molecule has 1 aromatic carbocycles. The second kappa shape index (κ2) is 4.83. The van der Waals surface area contributed by atoms with Crippen molar-refractivity contribution in [2.45, 2.75) is 4.83 Å². The Kier molecular flexibility index (Phi) is 3.67. The molecule has 62 valence electrons. The van der Waals surface area contributed by atoms with E-state index in [4.69, 9.17) is 0 Å². The zero-order valence-electron chi connectivity index (χ0n) is 6.35. The summed E-state index contributed by atoms with van der Waals surface area (Å²) in [6.45, 7) is 0. The van der Waals surface area contributed by atoms with Crippen LogP contribution in [0.5, 0.6) is 0 Å². The van der Waals surface area contributed by atoms with Gasteiger partial charge >= 0.3 is 0 Å². The van der Waals surface area contributed by atoms with Gasteiger partial charge in [0.1, 0.15) is 11.1 Å². The number of aliphatic imine (C=N–C) groups is 1. The van der Waals surface area contributed by atoms with E-state index in [1.54, 1.807) is 6.21 Å². The lowest BCUT2D eigenvalue weighted by Gasteiger charge is -1.91. The number of alkyl halides is 1. The molecular formula is C9H8BrNO. The predicted molar refractivity (Wildman–Crippen MR) is 53.4 cm³/mol. The van der Waals surface area contributed by atoms with Crippen molar-refractivity contribution in [3.05, 3.63) is 30.3 Å². The zero-order chi connectivity index (χ0) is 8.81. The second-order valence-electron chi connectivity index (χ2n) is 2.19. The highest BCUT2D eigenvalue weighted by atomic mass is 79.9. The SMILES string of the molecule is O=C[C@@H](Br)C=Nc1ccccc1. The van der Waals surface area contributed by atoms with Gasteiger partial charge in [-0.25, -0.2) is 0 Å². The summed E-state index contributed by atoms with van der Waals surface area (Å²) in [5, 5.41) is 0. The third kappa shape index (κ3) is 2.96. The lowest BCUT2D eigenvalue weighted by molar-refractivity contribution is -0.106. The van der Waals surface area contributed by atoms with Crippen LogP contribution in [0.1, 0.15) is 0 Å². The van der Waals surface area contributed by atoms with E-state index < -0.39 is 0 Å². The van der Waals surface area contributed by atoms with Crippen molar-refractivity contribution in [2.75, 3.05) is 0 Å². The van der Waals surface area contributed by atoms with Crippen molar-refractivity contribution >= 4 is 34.1 Å². The first-order valence-electron chi connectivity index (χ1n) is 3.51. The lowest BCUT2D eigenvalue weighted by Crippen LogP contribution is -1.98. The smallest absolute Gasteiger partial charge is 0.139 e. The van der Waals surface area contributed by atoms with Crippen molar-refractivity contribution in [3.8, 4) is 0 Å². The van der Waals surface area contributed by atoms with Crippen LogP contribution in [0, 0.1) is 0 Å². The Morgan fingerprint density at radius 2 is 2.00 bits per heavy atom. The standard InChI is InChI=1S/C9H8BrNO/c10-8(7-12)6-11-9-4-2-1-3-5-9/h1-8H/t8-/m0/s1. The van der Waals surface area contributed by atoms with E-state index in [9.17, 15) is 4.79 Å². The summed E-state index contributed by atoms with van der Waals surface area (Å²) in [5.74, 6) is 0. The maximum absolute atomic E-state index is 10.2. The molecular weight excluding hydrogens is 218 g/mol. The molecule has 0 aliphatic rings. The molecule has 0 fully saturated rings. The molecule has 0 aliphatic heterocycles. The molecule has 0 aromatic heterocycles. The van der Waals surface area contributed by atoms with E-state index in [0.717, 1.165) is 12.0 Å². The van der Waals surface area contributed by atoms with Gasteiger partial charge in [-0.3, -0.25) is 4.99 Å². The highest BCUT2D eigenvalue weighted by Crippen LogP contribution is 2.09. The Balaban J connectivity index is 2.63. The van der Waals surface area contributed by atoms with Gasteiger partial charge in [-0.05, 0) is 12.1 Å². The summed E-state index contributed by atoms with van der Waals surface area (Å²) >= 11 is 3.12. The first kappa shape index (κ1) is 9.13. The number of aldehydes is 1. The molecule has 0 radical (unpaired) electrons. The van der Waals surface area contributed by atoms with Crippen LogP contribution >= 0.6 is 15.9 Å². The third-order valence-corrected chi connectivity index (χ3v) is 1.70. The molecule has 0 bridgehead atoms. The molecule has 0 aliphatic carbocycles. The molecule has 2 nitrogen and oxygen atoms in total. The predicted octanol–water partition coefficient (Wildman–Crippen LogP) is 2.35. The van der Waals surface area contributed by atoms with E-state index >= 15 is 0 Å². The fraction of sp³-hybridized carbons (Fsp3) is 0.111. The normalized spacial score (nSPS) is 13.1. The average molecular weight is 226 g/mol. The van der Waals surface area contributed by atoms with E-state index in [1.165, 1.54) is 0 Å². The van der Waals surface area contributed by atoms with Gasteiger partial charge in [-0.15, -0.1) is 0 Å². The van der Waals surface area contributed by atoms with Crippen LogP contribution < -0.4 is 0 Å². The number of carbonyl (C=O) groups excluding carboxylic acids is 1. The number of hydrogen-bond donors (Lipinski definition) is 0. The van der Waals surface area contributed by atoms with E-state index in [-0.39, 0.29) is 4.83 Å². The molecule has 1 atom stereocenters. The third-order valence-electron chi connectivity index (χ3n) is 1.25. The number of halogens is 1. The van der Waals surface area contributed by atoms with Gasteiger partial charge in [0.2, 0.25) is 0 Å². The van der Waals surface area contributed by atoms with Crippen LogP contribution in [0.25, 0.3) is 0 Å². The van der Waals surface area contributed by atoms with Crippen LogP contribution in [-0.2, 0) is 4.79 Å². The number of para-hydroxylation sites is 1. The van der Waals surface area contributed by atoms with Crippen molar-refractivity contribution in [3.63, 3.8) is 0 Å². The second-order valence-corrected chi connectivity index (χ2v) is 3.25. The van der Waals surface area contributed by atoms with E-state index in [1.807, 2.05) is 30.3 Å². The first-order valence-corrected chi connectivity index (χ1v) is 4.43. The molecule has 0 heterocycles. The molecule has 3 heteroatoms. The Morgan fingerprint density at radius 1 is 1.33 bits per heavy atom. The highest BCUT2D eigenvalue weighted by molar-refractivity contribution is 9.10. The van der Waals surface area contributed by atoms with Crippen LogP contribution in [-0.4, -0.2) is 17.3 Å². The highest BCUT2D eigenvalue weighted by Gasteiger charge is 1.93. The number of hydrogen-bond acceptors (Lipinski definition) is 2. The summed E-state index contributed by atoms with van der Waals surface area (Å²) in [5.41, 5.74) is 0.851. The molecule has 12 heavy (non-hydrogen) atoms. The topological polar surface area (TPSA) is 29.4 Å². The Labute approximate surface area is 79.5 Å². The lowest BCUT2D eigenvalue weighted by atomic mass is 10.3. The first-order chi connectivity index (χ1) is 5.83. The van der Waals surface area contributed by atoms with Gasteiger partial charge in [0.15, 0.2) is 0 Å². The minimum Gasteiger partial charge on any atom is -0.302 e. The van der Waals surface area contributed by atoms with Crippen LogP contribution in [0.15, 0.2) is 35.3 Å². The molecule has 0 spiro atoms. The van der Waals surface area contributed by atoms with Gasteiger partial charge in [0, 0.05) is 6.21 Å². The quantitative estimate of drug-likeness (QED) is 0.442. The van der Waals surface area contributed by atoms with Gasteiger partial charge in [-0.2, -0.15) is 0 Å². The Bertz CT molecular complexity index is 271. The Hall–Kier alpha value is -0.960. The van der Waals surface area contributed by atoms with Crippen LogP contribution in [0.4, 0.5) is 5.69 Å². The minimum absolute atomic E-state index is 0.294. The molecule has 1 rings (SSSR count). The van der Waals surface area contributed by atoms with Gasteiger partial charge in [0.25, 0.3) is 0 Å². The summed E-state index contributed by atoms with van der Waals surface area (Å²) in [6, 6.07) is 9.47. The molecule has 0 saturated heterocycles. The average Bonchev–Trinajstić information content (AvgIpc) is 2.16. The van der Waals surface area contributed by atoms with Crippen LogP contribution in [0.2, 0.25) is 0 Å². The number of benzene rings is 1. The summed E-state index contributed by atoms with van der Waals surface area (Å²) < 4.78 is 0. The minimum atomic E-state index is -0.294. The van der Waals surface area contributed by atoms with Gasteiger partial charge in [-0.1, -0.05) is 34.1 Å². The van der Waals surface area contributed by atoms with Crippen molar-refractivity contribution in [1.82, 2.24) is 0 Å². The fourth-order valence-corrected chi connectivity index (χ4v) is 0.825. The van der Waals surface area contributed by atoms with E-state index in [2.05, 4.69) is 20.9 Å². The number of rotatable bonds is 3. The maximum atomic E-state index is 10.2. The number of carbonyl (C=O) groups is 1. The largest absolute Gasteiger partial charge is 0.302 e. The maximum Gasteiger partial charge on any atom is 0.139 e. The van der Waals surface area contributed by atoms with E-state index in [0.29, 0.717) is 0 Å².